The van der Waals surface area contributed by atoms with Crippen molar-refractivity contribution >= 4 is 32.6 Å². The van der Waals surface area contributed by atoms with Gasteiger partial charge >= 0.3 is 0 Å². The van der Waals surface area contributed by atoms with Crippen LogP contribution < -0.4 is 4.74 Å². The summed E-state index contributed by atoms with van der Waals surface area (Å²) in [7, 11) is 1.65. The standard InChI is InChI=1S/C13H10N4OS/c1-18-7-2-3-8-10(6-7)15-13(14-8)11-12-9(16-17-11)4-5-19-12/h2-6H,1H3,(H,14,15)(H,16,17). The van der Waals surface area contributed by atoms with Crippen LogP contribution >= 0.6 is 11.3 Å². The highest BCUT2D eigenvalue weighted by atomic mass is 32.1. The fourth-order valence-corrected chi connectivity index (χ4v) is 2.97. The second kappa shape index (κ2) is 3.83. The predicted molar refractivity (Wildman–Crippen MR) is 75.6 cm³/mol. The topological polar surface area (TPSA) is 66.6 Å². The van der Waals surface area contributed by atoms with Crippen LogP contribution in [0.1, 0.15) is 0 Å². The number of thiophene rings is 1. The van der Waals surface area contributed by atoms with Gasteiger partial charge in [0.1, 0.15) is 11.4 Å². The van der Waals surface area contributed by atoms with Crippen molar-refractivity contribution in [3.63, 3.8) is 0 Å². The van der Waals surface area contributed by atoms with Gasteiger partial charge in [0.05, 0.1) is 28.4 Å². The zero-order chi connectivity index (χ0) is 12.8. The normalized spacial score (nSPS) is 11.4. The van der Waals surface area contributed by atoms with Gasteiger partial charge in [0.2, 0.25) is 0 Å². The summed E-state index contributed by atoms with van der Waals surface area (Å²) in [6.07, 6.45) is 0. The first-order chi connectivity index (χ1) is 9.35. The van der Waals surface area contributed by atoms with Gasteiger partial charge in [0, 0.05) is 6.07 Å². The maximum atomic E-state index is 5.21. The summed E-state index contributed by atoms with van der Waals surface area (Å²) in [5.41, 5.74) is 3.75. The van der Waals surface area contributed by atoms with Gasteiger partial charge in [-0.3, -0.25) is 5.10 Å². The summed E-state index contributed by atoms with van der Waals surface area (Å²) < 4.78 is 6.33. The van der Waals surface area contributed by atoms with E-state index < -0.39 is 0 Å². The molecule has 0 unspecified atom stereocenters. The number of hydrogen-bond acceptors (Lipinski definition) is 4. The Morgan fingerprint density at radius 1 is 1.21 bits per heavy atom. The minimum Gasteiger partial charge on any atom is -0.497 e. The average molecular weight is 270 g/mol. The third-order valence-electron chi connectivity index (χ3n) is 3.08. The van der Waals surface area contributed by atoms with Gasteiger partial charge in [0.15, 0.2) is 5.82 Å². The molecule has 19 heavy (non-hydrogen) atoms. The van der Waals surface area contributed by atoms with Crippen LogP contribution in [0.15, 0.2) is 29.6 Å². The van der Waals surface area contributed by atoms with Crippen LogP contribution in [0, 0.1) is 0 Å². The predicted octanol–water partition coefficient (Wildman–Crippen LogP) is 3.18. The van der Waals surface area contributed by atoms with E-state index in [0.29, 0.717) is 0 Å². The number of H-pyrrole nitrogens is 2. The molecule has 2 N–H and O–H groups in total. The molecule has 0 aliphatic rings. The van der Waals surface area contributed by atoms with Crippen LogP contribution in [-0.2, 0) is 0 Å². The molecular formula is C13H10N4OS. The molecule has 4 rings (SSSR count). The maximum absolute atomic E-state index is 5.21. The van der Waals surface area contributed by atoms with E-state index >= 15 is 0 Å². The van der Waals surface area contributed by atoms with Gasteiger partial charge in [-0.1, -0.05) is 0 Å². The van der Waals surface area contributed by atoms with Crippen molar-refractivity contribution in [3.05, 3.63) is 29.6 Å². The number of ether oxygens (including phenoxy) is 1. The number of nitrogens with zero attached hydrogens (tertiary/aromatic N) is 2. The molecule has 5 nitrogen and oxygen atoms in total. The van der Waals surface area contributed by atoms with Crippen LogP contribution in [0.2, 0.25) is 0 Å². The molecule has 6 heteroatoms. The molecule has 0 fully saturated rings. The summed E-state index contributed by atoms with van der Waals surface area (Å²) in [5, 5.41) is 9.37. The second-order valence-corrected chi connectivity index (χ2v) is 5.12. The van der Waals surface area contributed by atoms with Gasteiger partial charge in [-0.05, 0) is 23.6 Å². The number of fused-ring (bicyclic) bond motifs is 2. The zero-order valence-electron chi connectivity index (χ0n) is 10.1. The average Bonchev–Trinajstić information content (AvgIpc) is 3.11. The third-order valence-corrected chi connectivity index (χ3v) is 4.00. The van der Waals surface area contributed by atoms with Crippen molar-refractivity contribution < 1.29 is 4.74 Å². The number of rotatable bonds is 2. The largest absolute Gasteiger partial charge is 0.497 e. The minimum atomic E-state index is 0.775. The van der Waals surface area contributed by atoms with Crippen molar-refractivity contribution in [1.29, 1.82) is 0 Å². The number of nitrogens with one attached hydrogen (secondary N) is 2. The molecule has 0 bridgehead atoms. The van der Waals surface area contributed by atoms with Crippen molar-refractivity contribution in [1.82, 2.24) is 20.2 Å². The Bertz CT molecular complexity index is 873. The van der Waals surface area contributed by atoms with E-state index in [2.05, 4.69) is 20.2 Å². The summed E-state index contributed by atoms with van der Waals surface area (Å²) in [6.45, 7) is 0. The van der Waals surface area contributed by atoms with E-state index in [-0.39, 0.29) is 0 Å². The molecule has 0 radical (unpaired) electrons. The van der Waals surface area contributed by atoms with E-state index in [9.17, 15) is 0 Å². The van der Waals surface area contributed by atoms with Crippen molar-refractivity contribution in [3.8, 4) is 17.3 Å². The fourth-order valence-electron chi connectivity index (χ4n) is 2.14. The molecule has 0 saturated carbocycles. The molecule has 0 aliphatic carbocycles. The Hall–Kier alpha value is -2.34. The first-order valence-electron chi connectivity index (χ1n) is 5.81. The first kappa shape index (κ1) is 10.6. The molecule has 0 atom stereocenters. The summed E-state index contributed by atoms with van der Waals surface area (Å²) in [6, 6.07) is 7.79. The van der Waals surface area contributed by atoms with Crippen molar-refractivity contribution in [2.24, 2.45) is 0 Å². The highest BCUT2D eigenvalue weighted by Gasteiger charge is 2.13. The van der Waals surface area contributed by atoms with Crippen molar-refractivity contribution in [2.75, 3.05) is 7.11 Å². The monoisotopic (exact) mass is 270 g/mol. The number of hydrogen-bond donors (Lipinski definition) is 2. The highest BCUT2D eigenvalue weighted by molar-refractivity contribution is 7.17. The summed E-state index contributed by atoms with van der Waals surface area (Å²) in [4.78, 5) is 7.86. The Kier molecular flexibility index (Phi) is 2.13. The lowest BCUT2D eigenvalue weighted by Crippen LogP contribution is -1.81. The maximum Gasteiger partial charge on any atom is 0.160 e. The van der Waals surface area contributed by atoms with Gasteiger partial charge < -0.3 is 9.72 Å². The van der Waals surface area contributed by atoms with Gasteiger partial charge in [0.25, 0.3) is 0 Å². The Morgan fingerprint density at radius 3 is 3.05 bits per heavy atom. The number of benzene rings is 1. The van der Waals surface area contributed by atoms with Crippen LogP contribution in [0.25, 0.3) is 32.8 Å². The molecule has 0 saturated heterocycles. The highest BCUT2D eigenvalue weighted by Crippen LogP contribution is 2.30. The van der Waals surface area contributed by atoms with Crippen LogP contribution in [-0.4, -0.2) is 27.3 Å². The van der Waals surface area contributed by atoms with Crippen molar-refractivity contribution in [2.45, 2.75) is 0 Å². The van der Waals surface area contributed by atoms with E-state index in [1.54, 1.807) is 18.4 Å². The number of aromatic nitrogens is 4. The van der Waals surface area contributed by atoms with Gasteiger partial charge in [-0.2, -0.15) is 5.10 Å². The Balaban J connectivity index is 1.93. The quantitative estimate of drug-likeness (QED) is 0.588. The Labute approximate surface area is 112 Å². The number of methoxy groups -OCH3 is 1. The molecule has 94 valence electrons. The number of aromatic amines is 2. The molecule has 0 amide bonds. The van der Waals surface area contributed by atoms with Crippen LogP contribution in [0.3, 0.4) is 0 Å². The lowest BCUT2D eigenvalue weighted by molar-refractivity contribution is 0.415. The molecule has 3 aromatic heterocycles. The molecule has 0 spiro atoms. The number of imidazole rings is 1. The minimum absolute atomic E-state index is 0.775. The first-order valence-corrected chi connectivity index (χ1v) is 6.69. The van der Waals surface area contributed by atoms with E-state index in [4.69, 9.17) is 4.74 Å². The van der Waals surface area contributed by atoms with Crippen LogP contribution in [0.5, 0.6) is 5.75 Å². The summed E-state index contributed by atoms with van der Waals surface area (Å²) in [5.74, 6) is 1.59. The molecule has 4 aromatic rings. The van der Waals surface area contributed by atoms with E-state index in [1.807, 2.05) is 29.6 Å². The molecular weight excluding hydrogens is 260 g/mol. The lowest BCUT2D eigenvalue weighted by atomic mass is 10.3. The third kappa shape index (κ3) is 1.53. The zero-order valence-corrected chi connectivity index (χ0v) is 10.9. The molecule has 1 aromatic carbocycles. The fraction of sp³-hybridized carbons (Fsp3) is 0.0769. The molecule has 0 aliphatic heterocycles. The second-order valence-electron chi connectivity index (χ2n) is 4.20. The molecule has 3 heterocycles. The van der Waals surface area contributed by atoms with E-state index in [0.717, 1.165) is 38.5 Å². The van der Waals surface area contributed by atoms with Gasteiger partial charge in [-0.25, -0.2) is 4.98 Å². The smallest absolute Gasteiger partial charge is 0.160 e. The lowest BCUT2D eigenvalue weighted by Gasteiger charge is -1.96. The SMILES string of the molecule is COc1ccc2nc(-c3n[nH]c4ccsc34)[nH]c2c1. The Morgan fingerprint density at radius 2 is 2.16 bits per heavy atom. The van der Waals surface area contributed by atoms with E-state index in [1.165, 1.54) is 0 Å². The van der Waals surface area contributed by atoms with Crippen LogP contribution in [0.4, 0.5) is 0 Å². The summed E-state index contributed by atoms with van der Waals surface area (Å²) >= 11 is 1.65. The van der Waals surface area contributed by atoms with Gasteiger partial charge in [-0.15, -0.1) is 11.3 Å².